The minimum absolute atomic E-state index is 0.106. The molecule has 0 amide bonds. The zero-order valence-corrected chi connectivity index (χ0v) is 12.4. The van der Waals surface area contributed by atoms with Gasteiger partial charge in [-0.05, 0) is 25.3 Å². The topological polar surface area (TPSA) is 71.1 Å². The van der Waals surface area contributed by atoms with E-state index < -0.39 is 10.0 Å². The van der Waals surface area contributed by atoms with Gasteiger partial charge < -0.3 is 5.32 Å². The summed E-state index contributed by atoms with van der Waals surface area (Å²) in [7, 11) is -3.51. The first-order valence-corrected chi connectivity index (χ1v) is 8.28. The average Bonchev–Trinajstić information content (AvgIpc) is 3.16. The van der Waals surface area contributed by atoms with E-state index in [1.54, 1.807) is 0 Å². The van der Waals surface area contributed by atoms with Gasteiger partial charge in [0, 0.05) is 19.3 Å². The van der Waals surface area contributed by atoms with E-state index in [-0.39, 0.29) is 4.90 Å². The van der Waals surface area contributed by atoms with Gasteiger partial charge in [-0.1, -0.05) is 24.4 Å². The summed E-state index contributed by atoms with van der Waals surface area (Å²) in [6, 6.07) is 1.42. The smallest absolute Gasteiger partial charge is 0.242 e. The van der Waals surface area contributed by atoms with Crippen LogP contribution in [0.25, 0.3) is 0 Å². The number of nitrogens with zero attached hydrogens (tertiary/aromatic N) is 1. The van der Waals surface area contributed by atoms with Crippen LogP contribution in [0.4, 0.5) is 5.82 Å². The second-order valence-corrected chi connectivity index (χ2v) is 6.84. The van der Waals surface area contributed by atoms with E-state index in [9.17, 15) is 8.42 Å². The van der Waals surface area contributed by atoms with Crippen LogP contribution in [0.5, 0.6) is 0 Å². The molecular weight excluding hydrogens is 286 g/mol. The van der Waals surface area contributed by atoms with Crippen LogP contribution < -0.4 is 10.0 Å². The van der Waals surface area contributed by atoms with Gasteiger partial charge >= 0.3 is 0 Å². The summed E-state index contributed by atoms with van der Waals surface area (Å²) < 4.78 is 26.6. The molecule has 19 heavy (non-hydrogen) atoms. The third-order valence-corrected chi connectivity index (χ3v) is 4.73. The summed E-state index contributed by atoms with van der Waals surface area (Å²) in [6.45, 7) is 3.07. The molecule has 1 aromatic heterocycles. The number of rotatable bonds is 7. The maximum Gasteiger partial charge on any atom is 0.242 e. The molecule has 0 saturated heterocycles. The van der Waals surface area contributed by atoms with Crippen LogP contribution in [-0.4, -0.2) is 26.5 Å². The highest BCUT2D eigenvalue weighted by atomic mass is 35.5. The lowest BCUT2D eigenvalue weighted by Crippen LogP contribution is -2.25. The van der Waals surface area contributed by atoms with E-state index in [1.807, 2.05) is 6.92 Å². The number of hydrogen-bond donors (Lipinski definition) is 2. The van der Waals surface area contributed by atoms with Crippen molar-refractivity contribution in [2.24, 2.45) is 5.92 Å². The van der Waals surface area contributed by atoms with Gasteiger partial charge in [0.15, 0.2) is 0 Å². The Kier molecular flexibility index (Phi) is 4.65. The van der Waals surface area contributed by atoms with Gasteiger partial charge in [0.25, 0.3) is 0 Å². The van der Waals surface area contributed by atoms with Crippen LogP contribution in [0.3, 0.4) is 0 Å². The van der Waals surface area contributed by atoms with Gasteiger partial charge in [0.2, 0.25) is 10.0 Å². The van der Waals surface area contributed by atoms with E-state index in [4.69, 9.17) is 11.6 Å². The number of halogens is 1. The predicted molar refractivity (Wildman–Crippen MR) is 75.9 cm³/mol. The summed E-state index contributed by atoms with van der Waals surface area (Å²) >= 11 is 5.99. The molecule has 1 aliphatic carbocycles. The van der Waals surface area contributed by atoms with Crippen LogP contribution in [0.1, 0.15) is 26.2 Å². The Morgan fingerprint density at radius 2 is 2.21 bits per heavy atom. The maximum absolute atomic E-state index is 12.0. The lowest BCUT2D eigenvalue weighted by Gasteiger charge is -2.09. The SMILES string of the molecule is CCNc1ncc(S(=O)(=O)NCCC2CC2)cc1Cl. The molecule has 0 aliphatic heterocycles. The lowest BCUT2D eigenvalue weighted by atomic mass is 10.3. The minimum Gasteiger partial charge on any atom is -0.369 e. The fourth-order valence-corrected chi connectivity index (χ4v) is 3.07. The van der Waals surface area contributed by atoms with Gasteiger partial charge in [-0.25, -0.2) is 18.1 Å². The predicted octanol–water partition coefficient (Wildman–Crippen LogP) is 2.25. The third kappa shape index (κ3) is 4.06. The van der Waals surface area contributed by atoms with Gasteiger partial charge in [0.05, 0.1) is 5.02 Å². The molecular formula is C12H18ClN3O2S. The second-order valence-electron chi connectivity index (χ2n) is 4.66. The van der Waals surface area contributed by atoms with Crippen LogP contribution in [-0.2, 0) is 10.0 Å². The van der Waals surface area contributed by atoms with E-state index in [0.29, 0.717) is 29.8 Å². The first-order chi connectivity index (χ1) is 9.03. The molecule has 1 aromatic rings. The van der Waals surface area contributed by atoms with Gasteiger partial charge in [0.1, 0.15) is 10.7 Å². The standard InChI is InChI=1S/C12H18ClN3O2S/c1-2-14-12-11(13)7-10(8-15-12)19(17,18)16-6-5-9-3-4-9/h7-9,16H,2-6H2,1H3,(H,14,15). The van der Waals surface area contributed by atoms with Crippen molar-refractivity contribution in [1.29, 1.82) is 0 Å². The monoisotopic (exact) mass is 303 g/mol. The molecule has 106 valence electrons. The fraction of sp³-hybridized carbons (Fsp3) is 0.583. The molecule has 0 unspecified atom stereocenters. The Morgan fingerprint density at radius 3 is 2.79 bits per heavy atom. The van der Waals surface area contributed by atoms with E-state index in [2.05, 4.69) is 15.0 Å². The first kappa shape index (κ1) is 14.6. The average molecular weight is 304 g/mol. The number of pyridine rings is 1. The van der Waals surface area contributed by atoms with Crippen LogP contribution in [0.2, 0.25) is 5.02 Å². The second kappa shape index (κ2) is 6.07. The van der Waals surface area contributed by atoms with Gasteiger partial charge in [-0.2, -0.15) is 0 Å². The Labute approximate surface area is 118 Å². The Balaban J connectivity index is 2.03. The maximum atomic E-state index is 12.0. The van der Waals surface area contributed by atoms with Gasteiger partial charge in [-0.15, -0.1) is 0 Å². The van der Waals surface area contributed by atoms with Gasteiger partial charge in [-0.3, -0.25) is 0 Å². The third-order valence-electron chi connectivity index (χ3n) is 3.01. The summed E-state index contributed by atoms with van der Waals surface area (Å²) in [5.41, 5.74) is 0. The molecule has 2 rings (SSSR count). The molecule has 0 aromatic carbocycles. The molecule has 5 nitrogen and oxygen atoms in total. The highest BCUT2D eigenvalue weighted by molar-refractivity contribution is 7.89. The van der Waals surface area contributed by atoms with Crippen molar-refractivity contribution < 1.29 is 8.42 Å². The van der Waals surface area contributed by atoms with Crippen molar-refractivity contribution in [2.45, 2.75) is 31.1 Å². The summed E-state index contributed by atoms with van der Waals surface area (Å²) in [5.74, 6) is 1.20. The molecule has 0 bridgehead atoms. The van der Waals surface area contributed by atoms with Crippen molar-refractivity contribution in [1.82, 2.24) is 9.71 Å². The highest BCUT2D eigenvalue weighted by Gasteiger charge is 2.22. The number of aromatic nitrogens is 1. The Morgan fingerprint density at radius 1 is 1.47 bits per heavy atom. The number of sulfonamides is 1. The number of nitrogens with one attached hydrogen (secondary N) is 2. The Bertz CT molecular complexity index is 544. The first-order valence-electron chi connectivity index (χ1n) is 6.42. The molecule has 1 saturated carbocycles. The lowest BCUT2D eigenvalue weighted by molar-refractivity contribution is 0.575. The Hall–Kier alpha value is -0.850. The molecule has 0 spiro atoms. The largest absolute Gasteiger partial charge is 0.369 e. The summed E-state index contributed by atoms with van der Waals surface area (Å²) in [5, 5.41) is 3.27. The number of anilines is 1. The molecule has 1 heterocycles. The van der Waals surface area contributed by atoms with E-state index in [1.165, 1.54) is 25.1 Å². The molecule has 7 heteroatoms. The number of hydrogen-bond acceptors (Lipinski definition) is 4. The summed E-state index contributed by atoms with van der Waals surface area (Å²) in [6.07, 6.45) is 4.65. The quantitative estimate of drug-likeness (QED) is 0.810. The zero-order valence-electron chi connectivity index (χ0n) is 10.8. The van der Waals surface area contributed by atoms with E-state index in [0.717, 1.165) is 6.42 Å². The van der Waals surface area contributed by atoms with Crippen molar-refractivity contribution in [3.05, 3.63) is 17.3 Å². The molecule has 1 fully saturated rings. The van der Waals surface area contributed by atoms with Crippen molar-refractivity contribution in [3.8, 4) is 0 Å². The summed E-state index contributed by atoms with van der Waals surface area (Å²) in [4.78, 5) is 4.13. The molecule has 2 N–H and O–H groups in total. The van der Waals surface area contributed by atoms with Crippen LogP contribution in [0, 0.1) is 5.92 Å². The highest BCUT2D eigenvalue weighted by Crippen LogP contribution is 2.31. The van der Waals surface area contributed by atoms with Crippen molar-refractivity contribution >= 4 is 27.4 Å². The fourth-order valence-electron chi connectivity index (χ4n) is 1.75. The van der Waals surface area contributed by atoms with Crippen LogP contribution >= 0.6 is 11.6 Å². The van der Waals surface area contributed by atoms with E-state index >= 15 is 0 Å². The molecule has 0 atom stereocenters. The molecule has 1 aliphatic rings. The molecule has 0 radical (unpaired) electrons. The normalized spacial score (nSPS) is 15.5. The van der Waals surface area contributed by atoms with Crippen molar-refractivity contribution in [3.63, 3.8) is 0 Å². The zero-order chi connectivity index (χ0) is 13.9. The van der Waals surface area contributed by atoms with Crippen LogP contribution in [0.15, 0.2) is 17.2 Å². The van der Waals surface area contributed by atoms with Crippen molar-refractivity contribution in [2.75, 3.05) is 18.4 Å². The minimum atomic E-state index is -3.51.